The van der Waals surface area contributed by atoms with Crippen LogP contribution in [0, 0.1) is 0 Å². The van der Waals surface area contributed by atoms with Crippen LogP contribution >= 0.6 is 0 Å². The molecule has 1 aliphatic heterocycles. The van der Waals surface area contributed by atoms with Crippen LogP contribution in [0.1, 0.15) is 31.9 Å². The lowest BCUT2D eigenvalue weighted by Gasteiger charge is -2.23. The highest BCUT2D eigenvalue weighted by Gasteiger charge is 2.21. The number of nitrogen functional groups attached to an aromatic ring is 1. The van der Waals surface area contributed by atoms with E-state index < -0.39 is 0 Å². The molecule has 0 spiro atoms. The minimum atomic E-state index is -0.312. The van der Waals surface area contributed by atoms with Gasteiger partial charge in [0.1, 0.15) is 11.4 Å². The average Bonchev–Trinajstić information content (AvgIpc) is 2.83. The summed E-state index contributed by atoms with van der Waals surface area (Å²) in [5, 5.41) is 0. The number of anilines is 2. The van der Waals surface area contributed by atoms with Crippen LogP contribution in [0.4, 0.5) is 11.5 Å². The molecule has 2 heterocycles. The molecule has 1 aromatic carbocycles. The molecule has 0 amide bonds. The number of hydrogen-bond donors (Lipinski definition) is 1. The summed E-state index contributed by atoms with van der Waals surface area (Å²) in [6.07, 6.45) is 0. The summed E-state index contributed by atoms with van der Waals surface area (Å²) in [4.78, 5) is 6.84. The molecule has 0 unspecified atom stereocenters. The Kier molecular flexibility index (Phi) is 3.24. The maximum Gasteiger partial charge on any atom is 0.239 e. The van der Waals surface area contributed by atoms with Gasteiger partial charge in [0.2, 0.25) is 5.88 Å². The van der Waals surface area contributed by atoms with Crippen LogP contribution in [-0.4, -0.2) is 10.6 Å². The molecule has 3 rings (SSSR count). The smallest absolute Gasteiger partial charge is 0.239 e. The molecule has 0 fully saturated rings. The van der Waals surface area contributed by atoms with E-state index in [4.69, 9.17) is 10.5 Å². The van der Waals surface area contributed by atoms with E-state index in [1.165, 1.54) is 11.1 Å². The summed E-state index contributed by atoms with van der Waals surface area (Å²) in [6, 6.07) is 12.3. The van der Waals surface area contributed by atoms with Crippen molar-refractivity contribution < 1.29 is 4.74 Å². The predicted molar refractivity (Wildman–Crippen MR) is 85.4 cm³/mol. The van der Waals surface area contributed by atoms with E-state index in [9.17, 15) is 0 Å². The first kappa shape index (κ1) is 13.7. The van der Waals surface area contributed by atoms with E-state index in [0.29, 0.717) is 11.6 Å². The molecule has 2 aromatic rings. The number of aromatic nitrogens is 1. The first-order chi connectivity index (χ1) is 9.92. The Balaban J connectivity index is 1.86. The average molecular weight is 283 g/mol. The molecule has 110 valence electrons. The first-order valence-electron chi connectivity index (χ1n) is 7.20. The van der Waals surface area contributed by atoms with Gasteiger partial charge < -0.3 is 15.4 Å². The number of hydrogen-bond acceptors (Lipinski definition) is 4. The third kappa shape index (κ3) is 2.94. The molecule has 21 heavy (non-hydrogen) atoms. The second-order valence-electron chi connectivity index (χ2n) is 6.40. The van der Waals surface area contributed by atoms with E-state index in [0.717, 1.165) is 18.9 Å². The quantitative estimate of drug-likeness (QED) is 0.918. The number of nitrogens with zero attached hydrogens (tertiary/aromatic N) is 2. The summed E-state index contributed by atoms with van der Waals surface area (Å²) in [7, 11) is 0. The van der Waals surface area contributed by atoms with Gasteiger partial charge in [-0.05, 0) is 44.0 Å². The molecule has 0 saturated heterocycles. The molecular formula is C17H21N3O. The van der Waals surface area contributed by atoms with Crippen molar-refractivity contribution in [1.82, 2.24) is 4.98 Å². The Labute approximate surface area is 125 Å². The minimum Gasteiger partial charge on any atom is -0.470 e. The van der Waals surface area contributed by atoms with Crippen molar-refractivity contribution in [3.63, 3.8) is 0 Å². The maximum atomic E-state index is 5.97. The standard InChI is InChI=1S/C17H21N3O/c1-17(2,3)21-16-14(18)8-9-15(19-16)20-10-12-6-4-5-7-13(12)11-20/h4-9H,10-11,18H2,1-3H3. The largest absolute Gasteiger partial charge is 0.470 e. The van der Waals surface area contributed by atoms with Gasteiger partial charge in [-0.1, -0.05) is 24.3 Å². The van der Waals surface area contributed by atoms with Crippen molar-refractivity contribution in [2.24, 2.45) is 0 Å². The second kappa shape index (κ2) is 4.95. The van der Waals surface area contributed by atoms with E-state index >= 15 is 0 Å². The Morgan fingerprint density at radius 2 is 1.67 bits per heavy atom. The highest BCUT2D eigenvalue weighted by molar-refractivity contribution is 5.56. The highest BCUT2D eigenvalue weighted by Crippen LogP contribution is 2.31. The molecule has 0 radical (unpaired) electrons. The lowest BCUT2D eigenvalue weighted by Crippen LogP contribution is -2.25. The predicted octanol–water partition coefficient (Wildman–Crippen LogP) is 3.36. The third-order valence-electron chi connectivity index (χ3n) is 3.44. The molecule has 2 N–H and O–H groups in total. The van der Waals surface area contributed by atoms with Crippen LogP contribution in [0.15, 0.2) is 36.4 Å². The van der Waals surface area contributed by atoms with E-state index in [-0.39, 0.29) is 5.60 Å². The number of benzene rings is 1. The van der Waals surface area contributed by atoms with Gasteiger partial charge in [0, 0.05) is 13.1 Å². The lowest BCUT2D eigenvalue weighted by molar-refractivity contribution is 0.125. The van der Waals surface area contributed by atoms with Crippen molar-refractivity contribution in [2.75, 3.05) is 10.6 Å². The Morgan fingerprint density at radius 1 is 1.05 bits per heavy atom. The molecule has 0 atom stereocenters. The monoisotopic (exact) mass is 283 g/mol. The zero-order valence-electron chi connectivity index (χ0n) is 12.8. The molecular weight excluding hydrogens is 262 g/mol. The molecule has 0 bridgehead atoms. The molecule has 0 aliphatic carbocycles. The number of rotatable bonds is 2. The van der Waals surface area contributed by atoms with Crippen LogP contribution in [0.25, 0.3) is 0 Å². The highest BCUT2D eigenvalue weighted by atomic mass is 16.5. The SMILES string of the molecule is CC(C)(C)Oc1nc(N2Cc3ccccc3C2)ccc1N. The van der Waals surface area contributed by atoms with Gasteiger partial charge in [-0.15, -0.1) is 0 Å². The molecule has 1 aliphatic rings. The lowest BCUT2D eigenvalue weighted by atomic mass is 10.1. The van der Waals surface area contributed by atoms with Gasteiger partial charge in [-0.2, -0.15) is 4.98 Å². The Hall–Kier alpha value is -2.23. The first-order valence-corrected chi connectivity index (χ1v) is 7.20. The zero-order chi connectivity index (χ0) is 15.0. The fraction of sp³-hybridized carbons (Fsp3) is 0.353. The maximum absolute atomic E-state index is 5.97. The van der Waals surface area contributed by atoms with Gasteiger partial charge in [0.05, 0.1) is 5.69 Å². The van der Waals surface area contributed by atoms with Crippen LogP contribution in [0.3, 0.4) is 0 Å². The van der Waals surface area contributed by atoms with Crippen molar-refractivity contribution >= 4 is 11.5 Å². The number of ether oxygens (including phenoxy) is 1. The van der Waals surface area contributed by atoms with Gasteiger partial charge in [-0.25, -0.2) is 0 Å². The van der Waals surface area contributed by atoms with Gasteiger partial charge >= 0.3 is 0 Å². The minimum absolute atomic E-state index is 0.312. The zero-order valence-corrected chi connectivity index (χ0v) is 12.8. The molecule has 4 nitrogen and oxygen atoms in total. The van der Waals surface area contributed by atoms with Crippen molar-refractivity contribution in [1.29, 1.82) is 0 Å². The van der Waals surface area contributed by atoms with E-state index in [2.05, 4.69) is 34.1 Å². The van der Waals surface area contributed by atoms with Crippen molar-refractivity contribution in [2.45, 2.75) is 39.5 Å². The normalized spacial score (nSPS) is 14.1. The summed E-state index contributed by atoms with van der Waals surface area (Å²) in [5.41, 5.74) is 8.95. The number of nitrogens with two attached hydrogens (primary N) is 1. The van der Waals surface area contributed by atoms with Crippen LogP contribution in [0.5, 0.6) is 5.88 Å². The molecule has 0 saturated carbocycles. The summed E-state index contributed by atoms with van der Waals surface area (Å²) < 4.78 is 5.85. The summed E-state index contributed by atoms with van der Waals surface area (Å²) in [5.74, 6) is 1.41. The fourth-order valence-corrected chi connectivity index (χ4v) is 2.48. The van der Waals surface area contributed by atoms with Crippen molar-refractivity contribution in [3.8, 4) is 5.88 Å². The topological polar surface area (TPSA) is 51.4 Å². The van der Waals surface area contributed by atoms with Gasteiger partial charge in [-0.3, -0.25) is 0 Å². The number of fused-ring (bicyclic) bond motifs is 1. The molecule has 4 heteroatoms. The van der Waals surface area contributed by atoms with Gasteiger partial charge in [0.15, 0.2) is 0 Å². The van der Waals surface area contributed by atoms with Gasteiger partial charge in [0.25, 0.3) is 0 Å². The fourth-order valence-electron chi connectivity index (χ4n) is 2.48. The second-order valence-corrected chi connectivity index (χ2v) is 6.40. The number of pyridine rings is 1. The van der Waals surface area contributed by atoms with E-state index in [1.54, 1.807) is 0 Å². The van der Waals surface area contributed by atoms with Crippen LogP contribution in [-0.2, 0) is 13.1 Å². The third-order valence-corrected chi connectivity index (χ3v) is 3.44. The van der Waals surface area contributed by atoms with E-state index in [1.807, 2.05) is 32.9 Å². The molecule has 1 aromatic heterocycles. The summed E-state index contributed by atoms with van der Waals surface area (Å²) in [6.45, 7) is 7.73. The van der Waals surface area contributed by atoms with Crippen LogP contribution < -0.4 is 15.4 Å². The van der Waals surface area contributed by atoms with Crippen LogP contribution in [0.2, 0.25) is 0 Å². The Bertz CT molecular complexity index is 636. The van der Waals surface area contributed by atoms with Crippen molar-refractivity contribution in [3.05, 3.63) is 47.5 Å². The Morgan fingerprint density at radius 3 is 2.24 bits per heavy atom. The summed E-state index contributed by atoms with van der Waals surface area (Å²) >= 11 is 0.